The molecule has 10 heteroatoms. The Kier molecular flexibility index (Phi) is 5.88. The molecule has 0 radical (unpaired) electrons. The Labute approximate surface area is 180 Å². The third-order valence-corrected chi connectivity index (χ3v) is 5.14. The maximum Gasteiger partial charge on any atom is 0.277 e. The minimum atomic E-state index is -0.145. The van der Waals surface area contributed by atoms with Gasteiger partial charge < -0.3 is 19.2 Å². The van der Waals surface area contributed by atoms with Crippen LogP contribution in [0.3, 0.4) is 0 Å². The van der Waals surface area contributed by atoms with Crippen molar-refractivity contribution in [3.8, 4) is 11.8 Å². The lowest BCUT2D eigenvalue weighted by Crippen LogP contribution is -1.96. The van der Waals surface area contributed by atoms with Gasteiger partial charge in [-0.3, -0.25) is 0 Å². The standard InChI is InChI=1S/C20H14ClN5O3S/c21-13-5-1-4-8-17(13)28-10-18-25-26-20(29-18)30-11-16(27)12(9-22)19-23-14-6-2-3-7-15(14)24-19/h1-8,27H,10-11H2,(H,23,24). The molecule has 30 heavy (non-hydrogen) atoms. The van der Waals surface area contributed by atoms with Crippen LogP contribution in [0.2, 0.25) is 5.02 Å². The highest BCUT2D eigenvalue weighted by Crippen LogP contribution is 2.26. The van der Waals surface area contributed by atoms with Gasteiger partial charge in [0.1, 0.15) is 23.2 Å². The zero-order valence-electron chi connectivity index (χ0n) is 15.4. The van der Waals surface area contributed by atoms with Crippen molar-refractivity contribution in [1.82, 2.24) is 20.2 Å². The zero-order chi connectivity index (χ0) is 20.9. The van der Waals surface area contributed by atoms with Crippen LogP contribution in [-0.4, -0.2) is 31.0 Å². The summed E-state index contributed by atoms with van der Waals surface area (Å²) in [5, 5.41) is 28.4. The van der Waals surface area contributed by atoms with Gasteiger partial charge in [-0.25, -0.2) is 4.98 Å². The summed E-state index contributed by atoms with van der Waals surface area (Å²) >= 11 is 7.13. The number of hydrogen-bond acceptors (Lipinski definition) is 8. The van der Waals surface area contributed by atoms with E-state index in [1.807, 2.05) is 30.3 Å². The van der Waals surface area contributed by atoms with Crippen LogP contribution < -0.4 is 4.74 Å². The van der Waals surface area contributed by atoms with Crippen molar-refractivity contribution < 1.29 is 14.3 Å². The number of aromatic nitrogens is 4. The van der Waals surface area contributed by atoms with Crippen LogP contribution in [0.4, 0.5) is 0 Å². The van der Waals surface area contributed by atoms with Crippen molar-refractivity contribution in [2.75, 3.05) is 5.75 Å². The number of rotatable bonds is 7. The number of aliphatic hydroxyl groups excluding tert-OH is 1. The molecule has 0 aliphatic heterocycles. The summed E-state index contributed by atoms with van der Waals surface area (Å²) in [6.07, 6.45) is 0. The number of thioether (sulfide) groups is 1. The summed E-state index contributed by atoms with van der Waals surface area (Å²) in [5.41, 5.74) is 1.54. The van der Waals surface area contributed by atoms with E-state index in [2.05, 4.69) is 20.2 Å². The van der Waals surface area contributed by atoms with Crippen molar-refractivity contribution in [2.45, 2.75) is 11.8 Å². The van der Waals surface area contributed by atoms with Gasteiger partial charge in [0, 0.05) is 0 Å². The van der Waals surface area contributed by atoms with Gasteiger partial charge in [0.05, 0.1) is 21.8 Å². The minimum absolute atomic E-state index is 0.0560. The third-order valence-electron chi connectivity index (χ3n) is 4.00. The number of aliphatic hydroxyl groups is 1. The molecular formula is C20H14ClN5O3S. The molecule has 0 aliphatic rings. The van der Waals surface area contributed by atoms with E-state index in [0.29, 0.717) is 22.1 Å². The lowest BCUT2D eigenvalue weighted by molar-refractivity contribution is 0.252. The van der Waals surface area contributed by atoms with Gasteiger partial charge in [-0.15, -0.1) is 10.2 Å². The highest BCUT2D eigenvalue weighted by Gasteiger charge is 2.15. The molecule has 0 saturated heterocycles. The molecule has 2 heterocycles. The molecule has 150 valence electrons. The Morgan fingerprint density at radius 3 is 2.80 bits per heavy atom. The largest absolute Gasteiger partial charge is 0.510 e. The molecule has 0 saturated carbocycles. The van der Waals surface area contributed by atoms with Gasteiger partial charge in [0.15, 0.2) is 12.4 Å². The number of ether oxygens (including phenoxy) is 1. The molecule has 2 aromatic heterocycles. The molecule has 8 nitrogen and oxygen atoms in total. The second-order valence-electron chi connectivity index (χ2n) is 6.01. The number of hydrogen-bond donors (Lipinski definition) is 2. The topological polar surface area (TPSA) is 121 Å². The van der Waals surface area contributed by atoms with Crippen molar-refractivity contribution >= 4 is 40.0 Å². The Morgan fingerprint density at radius 1 is 1.20 bits per heavy atom. The molecule has 2 N–H and O–H groups in total. The molecule has 0 unspecified atom stereocenters. The third kappa shape index (κ3) is 4.40. The van der Waals surface area contributed by atoms with E-state index in [0.717, 1.165) is 17.3 Å². The first-order valence-corrected chi connectivity index (χ1v) is 10.1. The normalized spacial score (nSPS) is 11.9. The van der Waals surface area contributed by atoms with E-state index >= 15 is 0 Å². The average molecular weight is 440 g/mol. The quantitative estimate of drug-likeness (QED) is 0.240. The fraction of sp³-hybridized carbons (Fsp3) is 0.100. The zero-order valence-corrected chi connectivity index (χ0v) is 16.9. The highest BCUT2D eigenvalue weighted by molar-refractivity contribution is 7.99. The van der Waals surface area contributed by atoms with Crippen LogP contribution >= 0.6 is 23.4 Å². The van der Waals surface area contributed by atoms with E-state index in [1.54, 1.807) is 24.3 Å². The van der Waals surface area contributed by atoms with E-state index in [-0.39, 0.29) is 34.8 Å². The maximum absolute atomic E-state index is 10.4. The second kappa shape index (κ2) is 8.90. The molecule has 0 atom stereocenters. The van der Waals surface area contributed by atoms with Crippen molar-refractivity contribution in [3.63, 3.8) is 0 Å². The fourth-order valence-corrected chi connectivity index (χ4v) is 3.43. The number of para-hydroxylation sites is 3. The predicted octanol–water partition coefficient (Wildman–Crippen LogP) is 4.76. The smallest absolute Gasteiger partial charge is 0.277 e. The van der Waals surface area contributed by atoms with Gasteiger partial charge in [-0.1, -0.05) is 47.6 Å². The summed E-state index contributed by atoms with van der Waals surface area (Å²) < 4.78 is 11.0. The monoisotopic (exact) mass is 439 g/mol. The van der Waals surface area contributed by atoms with Gasteiger partial charge >= 0.3 is 0 Å². The van der Waals surface area contributed by atoms with Gasteiger partial charge in [-0.05, 0) is 24.3 Å². The molecule has 2 aromatic carbocycles. The first-order valence-electron chi connectivity index (χ1n) is 8.74. The number of benzene rings is 2. The van der Waals surface area contributed by atoms with E-state index in [1.165, 1.54) is 0 Å². The number of nitrogens with one attached hydrogen (secondary N) is 1. The van der Waals surface area contributed by atoms with Crippen molar-refractivity contribution in [2.24, 2.45) is 0 Å². The lowest BCUT2D eigenvalue weighted by Gasteiger charge is -2.04. The van der Waals surface area contributed by atoms with Crippen molar-refractivity contribution in [3.05, 3.63) is 71.0 Å². The van der Waals surface area contributed by atoms with E-state index in [4.69, 9.17) is 20.8 Å². The number of nitrogens with zero attached hydrogens (tertiary/aromatic N) is 4. The van der Waals surface area contributed by atoms with Crippen LogP contribution in [0.1, 0.15) is 11.7 Å². The minimum Gasteiger partial charge on any atom is -0.510 e. The molecule has 0 bridgehead atoms. The summed E-state index contributed by atoms with van der Waals surface area (Å²) in [5.74, 6) is 0.993. The summed E-state index contributed by atoms with van der Waals surface area (Å²) in [4.78, 5) is 7.37. The first kappa shape index (κ1) is 19.8. The van der Waals surface area contributed by atoms with Gasteiger partial charge in [0.25, 0.3) is 11.1 Å². The Hall–Kier alpha value is -3.48. The van der Waals surface area contributed by atoms with Crippen molar-refractivity contribution in [1.29, 1.82) is 5.26 Å². The lowest BCUT2D eigenvalue weighted by atomic mass is 10.2. The van der Waals surface area contributed by atoms with Gasteiger partial charge in [-0.2, -0.15) is 5.26 Å². The number of nitriles is 1. The Morgan fingerprint density at radius 2 is 2.00 bits per heavy atom. The van der Waals surface area contributed by atoms with Crippen LogP contribution in [0.15, 0.2) is 63.9 Å². The number of halogens is 1. The Bertz CT molecular complexity index is 1230. The molecular weight excluding hydrogens is 426 g/mol. The molecule has 0 fully saturated rings. The molecule has 0 aliphatic carbocycles. The SMILES string of the molecule is N#CC(=C(O)CSc1nnc(COc2ccccc2Cl)o1)c1nc2ccccc2[nH]1. The summed E-state index contributed by atoms with van der Waals surface area (Å²) in [6.45, 7) is 0.0571. The summed E-state index contributed by atoms with van der Waals surface area (Å²) in [6, 6.07) is 16.4. The van der Waals surface area contributed by atoms with E-state index < -0.39 is 0 Å². The molecule has 4 aromatic rings. The van der Waals surface area contributed by atoms with E-state index in [9.17, 15) is 10.4 Å². The number of allylic oxidation sites excluding steroid dienone is 1. The number of aromatic amines is 1. The number of fused-ring (bicyclic) bond motifs is 1. The highest BCUT2D eigenvalue weighted by atomic mass is 35.5. The first-order chi connectivity index (χ1) is 14.6. The van der Waals surface area contributed by atoms with Crippen LogP contribution in [-0.2, 0) is 6.61 Å². The summed E-state index contributed by atoms with van der Waals surface area (Å²) in [7, 11) is 0. The van der Waals surface area contributed by atoms with Crippen LogP contribution in [0, 0.1) is 11.3 Å². The van der Waals surface area contributed by atoms with Crippen LogP contribution in [0.5, 0.6) is 5.75 Å². The second-order valence-corrected chi connectivity index (χ2v) is 7.34. The fourth-order valence-electron chi connectivity index (χ4n) is 2.58. The molecule has 0 amide bonds. The van der Waals surface area contributed by atoms with Gasteiger partial charge in [0.2, 0.25) is 0 Å². The predicted molar refractivity (Wildman–Crippen MR) is 112 cm³/mol. The number of H-pyrrole nitrogens is 1. The van der Waals surface area contributed by atoms with Crippen LogP contribution in [0.25, 0.3) is 16.6 Å². The molecule has 0 spiro atoms. The number of imidazole rings is 1. The Balaban J connectivity index is 1.41. The molecule has 4 rings (SSSR count). The maximum atomic E-state index is 10.4. The average Bonchev–Trinajstić information content (AvgIpc) is 3.39.